The van der Waals surface area contributed by atoms with E-state index < -0.39 is 0 Å². The van der Waals surface area contributed by atoms with Crippen LogP contribution in [0, 0.1) is 5.41 Å². The van der Waals surface area contributed by atoms with Crippen molar-refractivity contribution in [1.82, 2.24) is 5.32 Å². The predicted molar refractivity (Wildman–Crippen MR) is 43.0 cm³/mol. The molecule has 0 aromatic carbocycles. The quantitative estimate of drug-likeness (QED) is 0.516. The summed E-state index contributed by atoms with van der Waals surface area (Å²) in [6.45, 7) is 9.43. The summed E-state index contributed by atoms with van der Waals surface area (Å²) in [5.41, 5.74) is 0.569. The Bertz CT molecular complexity index is 110. The van der Waals surface area contributed by atoms with Crippen molar-refractivity contribution in [1.29, 1.82) is 0 Å². The Morgan fingerprint density at radius 2 is 1.90 bits per heavy atom. The van der Waals surface area contributed by atoms with Gasteiger partial charge in [0.25, 0.3) is 0 Å². The summed E-state index contributed by atoms with van der Waals surface area (Å²) in [4.78, 5) is 8.81. The van der Waals surface area contributed by atoms with Gasteiger partial charge in [-0.3, -0.25) is 0 Å². The lowest BCUT2D eigenvalue weighted by Crippen LogP contribution is -2.57. The van der Waals surface area contributed by atoms with E-state index in [2.05, 4.69) is 26.1 Å². The molecule has 0 saturated carbocycles. The first-order valence-corrected chi connectivity index (χ1v) is 3.67. The number of carbonyl (C=O) groups is 1. The van der Waals surface area contributed by atoms with Gasteiger partial charge in [-0.15, -0.1) is 0 Å². The zero-order valence-corrected chi connectivity index (χ0v) is 7.27. The first-order chi connectivity index (χ1) is 4.54. The Morgan fingerprint density at radius 1 is 1.60 bits per heavy atom. The van der Waals surface area contributed by atoms with Crippen LogP contribution in [-0.4, -0.2) is 18.9 Å². The second-order valence-corrected chi connectivity index (χ2v) is 3.33. The number of rotatable bonds is 0. The monoisotopic (exact) mass is 143 g/mol. The number of hydrogen-bond donors (Lipinski definition) is 1. The van der Waals surface area contributed by atoms with E-state index in [9.17, 15) is 0 Å². The minimum absolute atomic E-state index is 0.569. The van der Waals surface area contributed by atoms with Gasteiger partial charge in [-0.05, 0) is 19.3 Å². The molecule has 10 heavy (non-hydrogen) atoms. The molecule has 0 aliphatic carbocycles. The highest BCUT2D eigenvalue weighted by Crippen LogP contribution is 2.26. The molecule has 60 valence electrons. The van der Waals surface area contributed by atoms with Crippen LogP contribution in [0.3, 0.4) is 0 Å². The van der Waals surface area contributed by atoms with E-state index >= 15 is 0 Å². The molecule has 1 aliphatic heterocycles. The Morgan fingerprint density at radius 3 is 1.90 bits per heavy atom. The van der Waals surface area contributed by atoms with E-state index in [0.29, 0.717) is 5.41 Å². The molecule has 2 nitrogen and oxygen atoms in total. The van der Waals surface area contributed by atoms with Gasteiger partial charge >= 0.3 is 0 Å². The minimum atomic E-state index is 0.569. The topological polar surface area (TPSA) is 29.1 Å². The molecule has 1 rings (SSSR count). The number of carbonyl (C=O) groups excluding carboxylic acids is 1. The number of aldehydes is 1. The molecule has 1 fully saturated rings. The molecule has 1 unspecified atom stereocenters. The van der Waals surface area contributed by atoms with Gasteiger partial charge < -0.3 is 10.1 Å². The maximum absolute atomic E-state index is 8.81. The maximum atomic E-state index is 8.81. The maximum Gasteiger partial charge on any atom is 0.116 e. The average molecular weight is 143 g/mol. The van der Waals surface area contributed by atoms with E-state index in [1.54, 1.807) is 0 Å². The molecule has 0 spiro atoms. The molecule has 1 atom stereocenters. The van der Waals surface area contributed by atoms with Gasteiger partial charge in [0.15, 0.2) is 0 Å². The van der Waals surface area contributed by atoms with Gasteiger partial charge in [-0.2, -0.15) is 0 Å². The van der Waals surface area contributed by atoms with Crippen molar-refractivity contribution in [2.24, 2.45) is 5.41 Å². The lowest BCUT2D eigenvalue weighted by Gasteiger charge is -2.43. The summed E-state index contributed by atoms with van der Waals surface area (Å²) in [5.74, 6) is 0. The van der Waals surface area contributed by atoms with E-state index in [1.165, 1.54) is 13.5 Å². The largest absolute Gasteiger partial charge is 0.313 e. The first-order valence-electron chi connectivity index (χ1n) is 3.67. The van der Waals surface area contributed by atoms with Crippen molar-refractivity contribution in [3.05, 3.63) is 0 Å². The van der Waals surface area contributed by atoms with E-state index in [1.807, 2.05) is 0 Å². The Labute approximate surface area is 63.0 Å². The van der Waals surface area contributed by atoms with Gasteiger partial charge in [-0.1, -0.05) is 13.8 Å². The molecule has 0 aromatic rings. The van der Waals surface area contributed by atoms with E-state index in [-0.39, 0.29) is 0 Å². The normalized spacial score (nSPS) is 27.4. The van der Waals surface area contributed by atoms with Crippen molar-refractivity contribution < 1.29 is 4.79 Å². The first kappa shape index (κ1) is 9.63. The van der Waals surface area contributed by atoms with E-state index in [4.69, 9.17) is 4.79 Å². The van der Waals surface area contributed by atoms with Crippen LogP contribution >= 0.6 is 0 Å². The zero-order chi connectivity index (χ0) is 8.20. The molecule has 1 N–H and O–H groups in total. The standard InChI is InChI=1S/C6H13N.C2H4O/c1-5-6(2,3)4-7-5;1-2-3/h5,7H,4H2,1-3H3;2H,1H3. The fraction of sp³-hybridized carbons (Fsp3) is 0.875. The molecule has 0 amide bonds. The molecule has 1 heterocycles. The van der Waals surface area contributed by atoms with Gasteiger partial charge in [0, 0.05) is 12.6 Å². The number of hydrogen-bond acceptors (Lipinski definition) is 2. The summed E-state index contributed by atoms with van der Waals surface area (Å²) >= 11 is 0. The lowest BCUT2D eigenvalue weighted by atomic mass is 9.78. The Hall–Kier alpha value is -0.370. The highest BCUT2D eigenvalue weighted by atomic mass is 16.1. The summed E-state index contributed by atoms with van der Waals surface area (Å²) < 4.78 is 0. The van der Waals surface area contributed by atoms with Crippen LogP contribution in [-0.2, 0) is 4.79 Å². The molecule has 0 bridgehead atoms. The molecular formula is C8H17NO. The van der Waals surface area contributed by atoms with Crippen LogP contribution in [0.25, 0.3) is 0 Å². The third-order valence-electron chi connectivity index (χ3n) is 2.04. The van der Waals surface area contributed by atoms with Crippen molar-refractivity contribution in [3.63, 3.8) is 0 Å². The zero-order valence-electron chi connectivity index (χ0n) is 7.27. The second kappa shape index (κ2) is 3.71. The van der Waals surface area contributed by atoms with Crippen LogP contribution in [0.4, 0.5) is 0 Å². The number of nitrogens with one attached hydrogen (secondary N) is 1. The van der Waals surface area contributed by atoms with Crippen LogP contribution in [0.5, 0.6) is 0 Å². The highest BCUT2D eigenvalue weighted by Gasteiger charge is 2.33. The molecule has 0 radical (unpaired) electrons. The van der Waals surface area contributed by atoms with Crippen molar-refractivity contribution >= 4 is 6.29 Å². The Kier molecular flexibility index (Phi) is 3.58. The van der Waals surface area contributed by atoms with Gasteiger partial charge in [0.05, 0.1) is 0 Å². The van der Waals surface area contributed by atoms with Crippen LogP contribution < -0.4 is 5.32 Å². The molecule has 1 aliphatic rings. The van der Waals surface area contributed by atoms with Crippen molar-refractivity contribution in [2.45, 2.75) is 33.7 Å². The molecule has 2 heteroatoms. The highest BCUT2D eigenvalue weighted by molar-refractivity contribution is 5.44. The third-order valence-corrected chi connectivity index (χ3v) is 2.04. The summed E-state index contributed by atoms with van der Waals surface area (Å²) in [7, 11) is 0. The minimum Gasteiger partial charge on any atom is -0.313 e. The smallest absolute Gasteiger partial charge is 0.116 e. The third kappa shape index (κ3) is 2.48. The van der Waals surface area contributed by atoms with Gasteiger partial charge in [0.2, 0.25) is 0 Å². The fourth-order valence-electron chi connectivity index (χ4n) is 0.714. The van der Waals surface area contributed by atoms with Crippen LogP contribution in [0.2, 0.25) is 0 Å². The Balaban J connectivity index is 0.000000236. The molecule has 1 saturated heterocycles. The molecule has 0 aromatic heterocycles. The summed E-state index contributed by atoms with van der Waals surface area (Å²) in [6.07, 6.45) is 0.750. The van der Waals surface area contributed by atoms with Gasteiger partial charge in [-0.25, -0.2) is 0 Å². The SMILES string of the molecule is CC1NCC1(C)C.CC=O. The predicted octanol–water partition coefficient (Wildman–Crippen LogP) is 1.21. The molecular weight excluding hydrogens is 126 g/mol. The summed E-state index contributed by atoms with van der Waals surface area (Å²) in [6, 6.07) is 0.729. The fourth-order valence-corrected chi connectivity index (χ4v) is 0.714. The van der Waals surface area contributed by atoms with E-state index in [0.717, 1.165) is 12.3 Å². The average Bonchev–Trinajstić information content (AvgIpc) is 1.87. The van der Waals surface area contributed by atoms with Gasteiger partial charge in [0.1, 0.15) is 6.29 Å². The summed E-state index contributed by atoms with van der Waals surface area (Å²) in [5, 5.41) is 3.30. The lowest BCUT2D eigenvalue weighted by molar-refractivity contribution is -0.106. The van der Waals surface area contributed by atoms with Crippen molar-refractivity contribution in [2.75, 3.05) is 6.54 Å². The van der Waals surface area contributed by atoms with Crippen molar-refractivity contribution in [3.8, 4) is 0 Å². The van der Waals surface area contributed by atoms with Crippen LogP contribution in [0.15, 0.2) is 0 Å². The van der Waals surface area contributed by atoms with Crippen LogP contribution in [0.1, 0.15) is 27.7 Å². The second-order valence-electron chi connectivity index (χ2n) is 3.33.